The first-order valence-corrected chi connectivity index (χ1v) is 6.49. The molecule has 0 bridgehead atoms. The highest BCUT2D eigenvalue weighted by atomic mass is 16.2. The normalized spacial score (nSPS) is 13.6. The Kier molecular flexibility index (Phi) is 7.39. The van der Waals surface area contributed by atoms with Crippen molar-refractivity contribution in [2.24, 2.45) is 5.41 Å². The Hall–Kier alpha value is -0.570. The molecule has 0 heterocycles. The van der Waals surface area contributed by atoms with Crippen molar-refractivity contribution in [3.05, 3.63) is 0 Å². The van der Waals surface area contributed by atoms with Gasteiger partial charge in [-0.15, -0.1) is 0 Å². The van der Waals surface area contributed by atoms with E-state index in [-0.39, 0.29) is 11.3 Å². The molecule has 0 aromatic carbocycles. The molecule has 96 valence electrons. The molecule has 0 aromatic rings. The maximum atomic E-state index is 11.8. The number of hydrogen-bond donors (Lipinski definition) is 2. The lowest BCUT2D eigenvalue weighted by Crippen LogP contribution is -2.45. The van der Waals surface area contributed by atoms with Gasteiger partial charge in [0.1, 0.15) is 0 Å². The third-order valence-corrected chi connectivity index (χ3v) is 2.91. The van der Waals surface area contributed by atoms with Gasteiger partial charge in [0.2, 0.25) is 5.91 Å². The van der Waals surface area contributed by atoms with Gasteiger partial charge in [0.25, 0.3) is 0 Å². The molecule has 0 saturated carbocycles. The molecule has 3 nitrogen and oxygen atoms in total. The third kappa shape index (κ3) is 5.50. The van der Waals surface area contributed by atoms with Gasteiger partial charge in [-0.2, -0.15) is 0 Å². The molecule has 3 heteroatoms. The minimum atomic E-state index is -0.322. The van der Waals surface area contributed by atoms with Crippen molar-refractivity contribution in [2.75, 3.05) is 13.1 Å². The van der Waals surface area contributed by atoms with Gasteiger partial charge in [0, 0.05) is 19.1 Å². The zero-order valence-electron chi connectivity index (χ0n) is 11.5. The fraction of sp³-hybridized carbons (Fsp3) is 0.923. The molecule has 0 aromatic heterocycles. The molecule has 1 unspecified atom stereocenters. The predicted octanol–water partition coefficient (Wildman–Crippen LogP) is 2.32. The smallest absolute Gasteiger partial charge is 0.226 e. The van der Waals surface area contributed by atoms with Crippen LogP contribution >= 0.6 is 0 Å². The first-order valence-electron chi connectivity index (χ1n) is 6.49. The minimum absolute atomic E-state index is 0.133. The number of carbonyl (C=O) groups excluding carboxylic acids is 1. The lowest BCUT2D eigenvalue weighted by molar-refractivity contribution is -0.129. The van der Waals surface area contributed by atoms with E-state index in [0.29, 0.717) is 12.6 Å². The lowest BCUT2D eigenvalue weighted by atomic mass is 9.91. The molecule has 1 amide bonds. The topological polar surface area (TPSA) is 41.1 Å². The highest BCUT2D eigenvalue weighted by Gasteiger charge is 2.27. The molecule has 16 heavy (non-hydrogen) atoms. The molecule has 0 spiro atoms. The number of nitrogens with one attached hydrogen (secondary N) is 2. The first-order chi connectivity index (χ1) is 7.47. The number of amides is 1. The Labute approximate surface area is 100 Å². The quantitative estimate of drug-likeness (QED) is 0.669. The second kappa shape index (κ2) is 7.66. The van der Waals surface area contributed by atoms with Gasteiger partial charge >= 0.3 is 0 Å². The van der Waals surface area contributed by atoms with Crippen molar-refractivity contribution < 1.29 is 4.79 Å². The van der Waals surface area contributed by atoms with Crippen LogP contribution in [-0.4, -0.2) is 25.0 Å². The van der Waals surface area contributed by atoms with E-state index in [4.69, 9.17) is 0 Å². The Bertz CT molecular complexity index is 202. The maximum Gasteiger partial charge on any atom is 0.226 e. The largest absolute Gasteiger partial charge is 0.356 e. The molecule has 1 atom stereocenters. The van der Waals surface area contributed by atoms with Crippen LogP contribution in [0.3, 0.4) is 0 Å². The minimum Gasteiger partial charge on any atom is -0.356 e. The van der Waals surface area contributed by atoms with E-state index in [1.54, 1.807) is 0 Å². The van der Waals surface area contributed by atoms with Crippen LogP contribution in [0.5, 0.6) is 0 Å². The summed E-state index contributed by atoms with van der Waals surface area (Å²) in [6.45, 7) is 11.8. The van der Waals surface area contributed by atoms with Gasteiger partial charge in [0.15, 0.2) is 0 Å². The van der Waals surface area contributed by atoms with Gasteiger partial charge in [0.05, 0.1) is 5.41 Å². The van der Waals surface area contributed by atoms with Gasteiger partial charge in [-0.25, -0.2) is 0 Å². The molecule has 0 radical (unpaired) electrons. The maximum absolute atomic E-state index is 11.8. The van der Waals surface area contributed by atoms with Crippen LogP contribution in [0.2, 0.25) is 0 Å². The van der Waals surface area contributed by atoms with Crippen LogP contribution in [0, 0.1) is 5.41 Å². The van der Waals surface area contributed by atoms with Crippen molar-refractivity contribution in [3.8, 4) is 0 Å². The van der Waals surface area contributed by atoms with E-state index in [9.17, 15) is 4.79 Å². The molecule has 0 rings (SSSR count). The van der Waals surface area contributed by atoms with Crippen LogP contribution in [0.25, 0.3) is 0 Å². The van der Waals surface area contributed by atoms with Crippen molar-refractivity contribution in [2.45, 2.75) is 59.9 Å². The van der Waals surface area contributed by atoms with E-state index in [0.717, 1.165) is 13.0 Å². The first kappa shape index (κ1) is 15.4. The van der Waals surface area contributed by atoms with Crippen LogP contribution in [0.4, 0.5) is 0 Å². The van der Waals surface area contributed by atoms with Crippen molar-refractivity contribution in [1.82, 2.24) is 10.6 Å². The molecular formula is C13H28N2O. The summed E-state index contributed by atoms with van der Waals surface area (Å²) in [5, 5.41) is 6.37. The standard InChI is InChI=1S/C13H28N2O/c1-6-9-11(7-2)15-10-13(4,5)12(16)14-8-3/h11,15H,6-10H2,1-5H3,(H,14,16). The molecule has 0 aliphatic heterocycles. The fourth-order valence-corrected chi connectivity index (χ4v) is 1.68. The van der Waals surface area contributed by atoms with Crippen molar-refractivity contribution >= 4 is 5.91 Å². The van der Waals surface area contributed by atoms with Crippen LogP contribution in [-0.2, 0) is 4.79 Å². The second-order valence-electron chi connectivity index (χ2n) is 5.02. The summed E-state index contributed by atoms with van der Waals surface area (Å²) in [6, 6.07) is 0.540. The highest BCUT2D eigenvalue weighted by Crippen LogP contribution is 2.14. The van der Waals surface area contributed by atoms with Crippen LogP contribution in [0.1, 0.15) is 53.9 Å². The second-order valence-corrected chi connectivity index (χ2v) is 5.02. The van der Waals surface area contributed by atoms with Gasteiger partial charge in [-0.1, -0.05) is 20.3 Å². The van der Waals surface area contributed by atoms with E-state index < -0.39 is 0 Å². The summed E-state index contributed by atoms with van der Waals surface area (Å²) in [7, 11) is 0. The number of hydrogen-bond acceptors (Lipinski definition) is 2. The number of rotatable bonds is 8. The summed E-state index contributed by atoms with van der Waals surface area (Å²) in [5.74, 6) is 0.133. The average Bonchev–Trinajstić information content (AvgIpc) is 2.24. The fourth-order valence-electron chi connectivity index (χ4n) is 1.68. The van der Waals surface area contributed by atoms with Crippen LogP contribution in [0.15, 0.2) is 0 Å². The van der Waals surface area contributed by atoms with E-state index in [1.165, 1.54) is 12.8 Å². The van der Waals surface area contributed by atoms with E-state index in [2.05, 4.69) is 24.5 Å². The SMILES string of the molecule is CCCC(CC)NCC(C)(C)C(=O)NCC. The summed E-state index contributed by atoms with van der Waals surface area (Å²) >= 11 is 0. The van der Waals surface area contributed by atoms with Crippen molar-refractivity contribution in [1.29, 1.82) is 0 Å². The zero-order valence-corrected chi connectivity index (χ0v) is 11.5. The zero-order chi connectivity index (χ0) is 12.6. The highest BCUT2D eigenvalue weighted by molar-refractivity contribution is 5.81. The number of carbonyl (C=O) groups is 1. The molecule has 0 aliphatic carbocycles. The average molecular weight is 228 g/mol. The van der Waals surface area contributed by atoms with Gasteiger partial charge in [-0.05, 0) is 33.6 Å². The predicted molar refractivity (Wildman–Crippen MR) is 69.5 cm³/mol. The molecule has 2 N–H and O–H groups in total. The van der Waals surface area contributed by atoms with Crippen LogP contribution < -0.4 is 10.6 Å². The summed E-state index contributed by atoms with van der Waals surface area (Å²) in [5.41, 5.74) is -0.322. The molecule has 0 saturated heterocycles. The molecular weight excluding hydrogens is 200 g/mol. The lowest BCUT2D eigenvalue weighted by Gasteiger charge is -2.26. The van der Waals surface area contributed by atoms with E-state index in [1.807, 2.05) is 20.8 Å². The monoisotopic (exact) mass is 228 g/mol. The van der Waals surface area contributed by atoms with E-state index >= 15 is 0 Å². The Morgan fingerprint density at radius 1 is 1.25 bits per heavy atom. The Morgan fingerprint density at radius 2 is 1.88 bits per heavy atom. The summed E-state index contributed by atoms with van der Waals surface area (Å²) in [6.07, 6.45) is 3.49. The summed E-state index contributed by atoms with van der Waals surface area (Å²) < 4.78 is 0. The molecule has 0 aliphatic rings. The Balaban J connectivity index is 4.09. The Morgan fingerprint density at radius 3 is 2.31 bits per heavy atom. The van der Waals surface area contributed by atoms with Crippen molar-refractivity contribution in [3.63, 3.8) is 0 Å². The summed E-state index contributed by atoms with van der Waals surface area (Å²) in [4.78, 5) is 11.8. The van der Waals surface area contributed by atoms with Gasteiger partial charge < -0.3 is 10.6 Å². The van der Waals surface area contributed by atoms with Gasteiger partial charge in [-0.3, -0.25) is 4.79 Å². The third-order valence-electron chi connectivity index (χ3n) is 2.91. The molecule has 0 fully saturated rings.